The summed E-state index contributed by atoms with van der Waals surface area (Å²) in [6, 6.07) is 18.7. The lowest BCUT2D eigenvalue weighted by Crippen LogP contribution is -1.96. The highest BCUT2D eigenvalue weighted by atomic mass is 35.5. The van der Waals surface area contributed by atoms with E-state index in [0.29, 0.717) is 5.92 Å². The predicted octanol–water partition coefficient (Wildman–Crippen LogP) is 5.08. The van der Waals surface area contributed by atoms with Gasteiger partial charge < -0.3 is 0 Å². The van der Waals surface area contributed by atoms with Crippen LogP contribution < -0.4 is 0 Å². The topological polar surface area (TPSA) is 0 Å². The van der Waals surface area contributed by atoms with Crippen molar-refractivity contribution in [2.24, 2.45) is 0 Å². The Balaban J connectivity index is 1.97. The Hall–Kier alpha value is -1.27. The van der Waals surface area contributed by atoms with E-state index in [2.05, 4.69) is 43.3 Å². The number of aryl methyl sites for hydroxylation is 1. The maximum absolute atomic E-state index is 6.15. The fourth-order valence-electron chi connectivity index (χ4n) is 2.02. The SMILES string of the molecule is CC(CCc1ccccc1Cl)c1ccccc1. The highest BCUT2D eigenvalue weighted by Crippen LogP contribution is 2.23. The van der Waals surface area contributed by atoms with Crippen molar-refractivity contribution < 1.29 is 0 Å². The van der Waals surface area contributed by atoms with Gasteiger partial charge in [-0.25, -0.2) is 0 Å². The van der Waals surface area contributed by atoms with Crippen LogP contribution in [0, 0.1) is 0 Å². The molecule has 0 N–H and O–H groups in total. The summed E-state index contributed by atoms with van der Waals surface area (Å²) in [4.78, 5) is 0. The van der Waals surface area contributed by atoms with E-state index >= 15 is 0 Å². The molecule has 0 saturated heterocycles. The predicted molar refractivity (Wildman–Crippen MR) is 74.6 cm³/mol. The number of hydrogen-bond acceptors (Lipinski definition) is 0. The molecule has 1 heteroatoms. The molecule has 2 rings (SSSR count). The molecule has 0 saturated carbocycles. The second kappa shape index (κ2) is 5.88. The number of hydrogen-bond donors (Lipinski definition) is 0. The van der Waals surface area contributed by atoms with Gasteiger partial charge in [-0.05, 0) is 36.0 Å². The summed E-state index contributed by atoms with van der Waals surface area (Å²) in [6.07, 6.45) is 2.17. The molecular weight excluding hydrogens is 228 g/mol. The smallest absolute Gasteiger partial charge is 0.0437 e. The molecule has 2 aromatic carbocycles. The van der Waals surface area contributed by atoms with Gasteiger partial charge in [-0.2, -0.15) is 0 Å². The molecule has 0 nitrogen and oxygen atoms in total. The van der Waals surface area contributed by atoms with Crippen LogP contribution in [0.1, 0.15) is 30.4 Å². The van der Waals surface area contributed by atoms with Crippen LogP contribution in [0.25, 0.3) is 0 Å². The van der Waals surface area contributed by atoms with Crippen molar-refractivity contribution >= 4 is 11.6 Å². The zero-order valence-electron chi connectivity index (χ0n) is 10.1. The summed E-state index contributed by atoms with van der Waals surface area (Å²) in [6.45, 7) is 2.27. The van der Waals surface area contributed by atoms with E-state index in [4.69, 9.17) is 11.6 Å². The van der Waals surface area contributed by atoms with Crippen LogP contribution in [0.15, 0.2) is 54.6 Å². The monoisotopic (exact) mass is 244 g/mol. The fraction of sp³-hybridized carbons (Fsp3) is 0.250. The van der Waals surface area contributed by atoms with Gasteiger partial charge in [-0.3, -0.25) is 0 Å². The summed E-state index contributed by atoms with van der Waals surface area (Å²) in [5.74, 6) is 0.576. The van der Waals surface area contributed by atoms with Gasteiger partial charge in [-0.15, -0.1) is 0 Å². The van der Waals surface area contributed by atoms with Crippen molar-refractivity contribution in [1.82, 2.24) is 0 Å². The lowest BCUT2D eigenvalue weighted by atomic mass is 9.94. The second-order valence-corrected chi connectivity index (χ2v) is 4.85. The Morgan fingerprint density at radius 1 is 0.941 bits per heavy atom. The third kappa shape index (κ3) is 3.34. The minimum absolute atomic E-state index is 0.576. The van der Waals surface area contributed by atoms with Gasteiger partial charge in [0.25, 0.3) is 0 Å². The van der Waals surface area contributed by atoms with Crippen molar-refractivity contribution in [1.29, 1.82) is 0 Å². The van der Waals surface area contributed by atoms with Gasteiger partial charge in [0.1, 0.15) is 0 Å². The molecule has 0 radical (unpaired) electrons. The first kappa shape index (κ1) is 12.2. The fourth-order valence-corrected chi connectivity index (χ4v) is 2.25. The largest absolute Gasteiger partial charge is 0.0840 e. The Bertz CT molecular complexity index is 462. The van der Waals surface area contributed by atoms with Crippen LogP contribution in [-0.4, -0.2) is 0 Å². The van der Waals surface area contributed by atoms with Gasteiger partial charge in [0.05, 0.1) is 0 Å². The Morgan fingerprint density at radius 2 is 1.59 bits per heavy atom. The maximum Gasteiger partial charge on any atom is 0.0437 e. The van der Waals surface area contributed by atoms with E-state index in [1.54, 1.807) is 0 Å². The molecule has 0 aliphatic carbocycles. The third-order valence-corrected chi connectivity index (χ3v) is 3.54. The molecule has 0 fully saturated rings. The first-order valence-electron chi connectivity index (χ1n) is 6.05. The molecule has 88 valence electrons. The van der Waals surface area contributed by atoms with Crippen molar-refractivity contribution in [3.8, 4) is 0 Å². The third-order valence-electron chi connectivity index (χ3n) is 3.17. The van der Waals surface area contributed by atoms with Crippen molar-refractivity contribution in [3.05, 3.63) is 70.7 Å². The normalized spacial score (nSPS) is 12.4. The summed E-state index contributed by atoms with van der Waals surface area (Å²) in [5.41, 5.74) is 2.65. The molecule has 0 amide bonds. The molecule has 1 unspecified atom stereocenters. The van der Waals surface area contributed by atoms with E-state index in [9.17, 15) is 0 Å². The Morgan fingerprint density at radius 3 is 2.29 bits per heavy atom. The zero-order valence-corrected chi connectivity index (χ0v) is 10.8. The van der Waals surface area contributed by atoms with Crippen molar-refractivity contribution in [3.63, 3.8) is 0 Å². The standard InChI is InChI=1S/C16H17Cl/c1-13(14-7-3-2-4-8-14)11-12-15-9-5-6-10-16(15)17/h2-10,13H,11-12H2,1H3. The van der Waals surface area contributed by atoms with Crippen LogP contribution in [0.5, 0.6) is 0 Å². The highest BCUT2D eigenvalue weighted by molar-refractivity contribution is 6.31. The van der Waals surface area contributed by atoms with Crippen LogP contribution in [0.4, 0.5) is 0 Å². The van der Waals surface area contributed by atoms with E-state index in [1.807, 2.05) is 18.2 Å². The first-order chi connectivity index (χ1) is 8.27. The van der Waals surface area contributed by atoms with E-state index in [1.165, 1.54) is 11.1 Å². The summed E-state index contributed by atoms with van der Waals surface area (Å²) >= 11 is 6.15. The number of rotatable bonds is 4. The van der Waals surface area contributed by atoms with Gasteiger partial charge in [-0.1, -0.05) is 67.1 Å². The van der Waals surface area contributed by atoms with Crippen LogP contribution in [0.2, 0.25) is 5.02 Å². The molecule has 0 aliphatic heterocycles. The molecular formula is C16H17Cl. The average Bonchev–Trinajstić information content (AvgIpc) is 2.38. The number of benzene rings is 2. The minimum atomic E-state index is 0.576. The van der Waals surface area contributed by atoms with E-state index < -0.39 is 0 Å². The molecule has 17 heavy (non-hydrogen) atoms. The molecule has 2 aromatic rings. The average molecular weight is 245 g/mol. The molecule has 0 aliphatic rings. The van der Waals surface area contributed by atoms with Gasteiger partial charge >= 0.3 is 0 Å². The van der Waals surface area contributed by atoms with E-state index in [0.717, 1.165) is 17.9 Å². The Kier molecular flexibility index (Phi) is 4.22. The summed E-state index contributed by atoms with van der Waals surface area (Å²) in [5, 5.41) is 0.882. The van der Waals surface area contributed by atoms with Crippen molar-refractivity contribution in [2.75, 3.05) is 0 Å². The molecule has 0 spiro atoms. The number of halogens is 1. The van der Waals surface area contributed by atoms with Crippen LogP contribution in [-0.2, 0) is 6.42 Å². The van der Waals surface area contributed by atoms with Crippen molar-refractivity contribution in [2.45, 2.75) is 25.7 Å². The zero-order chi connectivity index (χ0) is 12.1. The molecule has 0 heterocycles. The maximum atomic E-state index is 6.15. The first-order valence-corrected chi connectivity index (χ1v) is 6.43. The second-order valence-electron chi connectivity index (χ2n) is 4.44. The lowest BCUT2D eigenvalue weighted by Gasteiger charge is -2.12. The summed E-state index contributed by atoms with van der Waals surface area (Å²) in [7, 11) is 0. The summed E-state index contributed by atoms with van der Waals surface area (Å²) < 4.78 is 0. The van der Waals surface area contributed by atoms with Crippen LogP contribution in [0.3, 0.4) is 0 Å². The molecule has 0 aromatic heterocycles. The van der Waals surface area contributed by atoms with Gasteiger partial charge in [0, 0.05) is 5.02 Å². The highest BCUT2D eigenvalue weighted by Gasteiger charge is 2.06. The van der Waals surface area contributed by atoms with E-state index in [-0.39, 0.29) is 0 Å². The molecule has 1 atom stereocenters. The van der Waals surface area contributed by atoms with Gasteiger partial charge in [0.2, 0.25) is 0 Å². The quantitative estimate of drug-likeness (QED) is 0.704. The van der Waals surface area contributed by atoms with Gasteiger partial charge in [0.15, 0.2) is 0 Å². The lowest BCUT2D eigenvalue weighted by molar-refractivity contribution is 0.680. The molecule has 0 bridgehead atoms. The minimum Gasteiger partial charge on any atom is -0.0840 e. The van der Waals surface area contributed by atoms with Crippen LogP contribution >= 0.6 is 11.6 Å². The Labute approximate surface area is 108 Å².